The van der Waals surface area contributed by atoms with E-state index >= 15 is 0 Å². The van der Waals surface area contributed by atoms with Gasteiger partial charge in [-0.05, 0) is 31.4 Å². The van der Waals surface area contributed by atoms with E-state index in [0.717, 1.165) is 18.7 Å². The molecule has 0 bridgehead atoms. The third-order valence-electron chi connectivity index (χ3n) is 3.05. The van der Waals surface area contributed by atoms with Crippen LogP contribution in [0.1, 0.15) is 31.9 Å². The minimum atomic E-state index is 0.201. The topological polar surface area (TPSA) is 42.4 Å². The minimum absolute atomic E-state index is 0.201. The van der Waals surface area contributed by atoms with Crippen molar-refractivity contribution in [1.29, 1.82) is 0 Å². The van der Waals surface area contributed by atoms with Crippen LogP contribution in [0.15, 0.2) is 22.8 Å². The molecule has 1 fully saturated rings. The summed E-state index contributed by atoms with van der Waals surface area (Å²) in [7, 11) is 0. The number of nitrogens with zero attached hydrogens (tertiary/aromatic N) is 1. The minimum Gasteiger partial charge on any atom is -0.468 e. The molecule has 3 nitrogen and oxygen atoms in total. The molecule has 0 radical (unpaired) electrons. The Labute approximate surface area is 102 Å². The van der Waals surface area contributed by atoms with Gasteiger partial charge in [0.25, 0.3) is 0 Å². The van der Waals surface area contributed by atoms with Gasteiger partial charge in [-0.2, -0.15) is 0 Å². The van der Waals surface area contributed by atoms with Gasteiger partial charge in [0.2, 0.25) is 0 Å². The number of hydrogen-bond donors (Lipinski definition) is 1. The molecule has 0 aliphatic heterocycles. The van der Waals surface area contributed by atoms with Crippen molar-refractivity contribution in [2.24, 2.45) is 5.73 Å². The first kappa shape index (κ1) is 11.6. The molecule has 1 saturated carbocycles. The number of furan rings is 1. The Morgan fingerprint density at radius 1 is 1.69 bits per heavy atom. The van der Waals surface area contributed by atoms with Crippen molar-refractivity contribution in [3.05, 3.63) is 24.2 Å². The highest BCUT2D eigenvalue weighted by atomic mass is 32.1. The molecular weight excluding hydrogens is 220 g/mol. The molecule has 16 heavy (non-hydrogen) atoms. The first-order valence-corrected chi connectivity index (χ1v) is 6.20. The van der Waals surface area contributed by atoms with E-state index in [9.17, 15) is 0 Å². The zero-order valence-corrected chi connectivity index (χ0v) is 10.4. The summed E-state index contributed by atoms with van der Waals surface area (Å²) in [5.41, 5.74) is 5.80. The van der Waals surface area contributed by atoms with Crippen molar-refractivity contribution < 1.29 is 4.42 Å². The lowest BCUT2D eigenvalue weighted by Gasteiger charge is -2.29. The van der Waals surface area contributed by atoms with E-state index in [-0.39, 0.29) is 6.04 Å². The van der Waals surface area contributed by atoms with Gasteiger partial charge >= 0.3 is 0 Å². The second kappa shape index (κ2) is 4.97. The van der Waals surface area contributed by atoms with E-state index in [1.54, 1.807) is 6.26 Å². The van der Waals surface area contributed by atoms with E-state index < -0.39 is 0 Å². The van der Waals surface area contributed by atoms with E-state index in [4.69, 9.17) is 22.4 Å². The van der Waals surface area contributed by atoms with Gasteiger partial charge in [0.15, 0.2) is 0 Å². The average molecular weight is 238 g/mol. The first-order chi connectivity index (χ1) is 7.72. The lowest BCUT2D eigenvalue weighted by Crippen LogP contribution is -2.44. The average Bonchev–Trinajstić information content (AvgIpc) is 2.96. The Kier molecular flexibility index (Phi) is 3.61. The summed E-state index contributed by atoms with van der Waals surface area (Å²) >= 11 is 5.14. The molecule has 1 unspecified atom stereocenters. The molecule has 0 amide bonds. The standard InChI is InChI=1S/C12H18N2OS/c1-2-11(12(13)16)14(9-5-6-9)8-10-4-3-7-15-10/h3-4,7,9,11H,2,5-6,8H2,1H3,(H2,13,16). The van der Waals surface area contributed by atoms with Crippen LogP contribution in [0, 0.1) is 0 Å². The number of thiocarbonyl (C=S) groups is 1. The van der Waals surface area contributed by atoms with Gasteiger partial charge in [0.1, 0.15) is 5.76 Å². The van der Waals surface area contributed by atoms with Crippen molar-refractivity contribution in [2.45, 2.75) is 44.8 Å². The van der Waals surface area contributed by atoms with Crippen LogP contribution in [0.25, 0.3) is 0 Å². The summed E-state index contributed by atoms with van der Waals surface area (Å²) < 4.78 is 5.39. The molecule has 1 aliphatic carbocycles. The van der Waals surface area contributed by atoms with Crippen molar-refractivity contribution in [3.63, 3.8) is 0 Å². The fourth-order valence-electron chi connectivity index (χ4n) is 2.08. The zero-order chi connectivity index (χ0) is 11.5. The molecule has 0 aromatic carbocycles. The second-order valence-corrected chi connectivity index (χ2v) is 4.78. The molecule has 2 N–H and O–H groups in total. The predicted molar refractivity (Wildman–Crippen MR) is 68.1 cm³/mol. The number of rotatable bonds is 6. The normalized spacial score (nSPS) is 17.6. The van der Waals surface area contributed by atoms with E-state index in [1.165, 1.54) is 12.8 Å². The molecule has 1 aliphatic rings. The molecule has 0 saturated heterocycles. The van der Waals surface area contributed by atoms with Crippen LogP contribution in [0.2, 0.25) is 0 Å². The van der Waals surface area contributed by atoms with Crippen LogP contribution < -0.4 is 5.73 Å². The second-order valence-electron chi connectivity index (χ2n) is 4.31. The summed E-state index contributed by atoms with van der Waals surface area (Å²) in [6, 6.07) is 4.76. The Hall–Kier alpha value is -0.870. The Bertz CT molecular complexity index is 346. The maximum atomic E-state index is 5.80. The summed E-state index contributed by atoms with van der Waals surface area (Å²) in [4.78, 5) is 2.97. The maximum absolute atomic E-state index is 5.80. The molecule has 1 aromatic rings. The van der Waals surface area contributed by atoms with Crippen molar-refractivity contribution in [1.82, 2.24) is 4.90 Å². The highest BCUT2D eigenvalue weighted by Crippen LogP contribution is 2.31. The van der Waals surface area contributed by atoms with Gasteiger partial charge < -0.3 is 10.2 Å². The van der Waals surface area contributed by atoms with E-state index in [0.29, 0.717) is 11.0 Å². The SMILES string of the molecule is CCC(C(N)=S)N(Cc1ccco1)C1CC1. The smallest absolute Gasteiger partial charge is 0.117 e. The monoisotopic (exact) mass is 238 g/mol. The largest absolute Gasteiger partial charge is 0.468 e. The fourth-order valence-corrected chi connectivity index (χ4v) is 2.38. The van der Waals surface area contributed by atoms with Crippen LogP contribution in [0.3, 0.4) is 0 Å². The maximum Gasteiger partial charge on any atom is 0.117 e. The van der Waals surface area contributed by atoms with E-state index in [1.807, 2.05) is 12.1 Å². The summed E-state index contributed by atoms with van der Waals surface area (Å²) in [5, 5.41) is 0. The lowest BCUT2D eigenvalue weighted by atomic mass is 10.1. The number of nitrogens with two attached hydrogens (primary N) is 1. The molecule has 1 aromatic heterocycles. The zero-order valence-electron chi connectivity index (χ0n) is 9.56. The van der Waals surface area contributed by atoms with E-state index in [2.05, 4.69) is 11.8 Å². The van der Waals surface area contributed by atoms with Crippen LogP contribution in [-0.4, -0.2) is 22.0 Å². The Morgan fingerprint density at radius 3 is 2.88 bits per heavy atom. The molecule has 0 spiro atoms. The van der Waals surface area contributed by atoms with Crippen molar-refractivity contribution in [3.8, 4) is 0 Å². The fraction of sp³-hybridized carbons (Fsp3) is 0.583. The quantitative estimate of drug-likeness (QED) is 0.772. The number of hydrogen-bond acceptors (Lipinski definition) is 3. The van der Waals surface area contributed by atoms with Crippen molar-refractivity contribution >= 4 is 17.2 Å². The van der Waals surface area contributed by atoms with Crippen LogP contribution in [0.5, 0.6) is 0 Å². The first-order valence-electron chi connectivity index (χ1n) is 5.79. The lowest BCUT2D eigenvalue weighted by molar-refractivity contribution is 0.201. The highest BCUT2D eigenvalue weighted by molar-refractivity contribution is 7.80. The van der Waals surface area contributed by atoms with Gasteiger partial charge in [0, 0.05) is 6.04 Å². The van der Waals surface area contributed by atoms with Gasteiger partial charge in [-0.1, -0.05) is 19.1 Å². The summed E-state index contributed by atoms with van der Waals surface area (Å²) in [6.45, 7) is 2.94. The van der Waals surface area contributed by atoms with Gasteiger partial charge in [-0.25, -0.2) is 0 Å². The third-order valence-corrected chi connectivity index (χ3v) is 3.32. The Balaban J connectivity index is 2.07. The Morgan fingerprint density at radius 2 is 2.44 bits per heavy atom. The van der Waals surface area contributed by atoms with Gasteiger partial charge in [-0.3, -0.25) is 4.90 Å². The third kappa shape index (κ3) is 2.62. The molecule has 1 heterocycles. The van der Waals surface area contributed by atoms with Gasteiger partial charge in [-0.15, -0.1) is 0 Å². The molecule has 88 valence electrons. The molecule has 1 atom stereocenters. The highest BCUT2D eigenvalue weighted by Gasteiger charge is 2.34. The summed E-state index contributed by atoms with van der Waals surface area (Å²) in [5.74, 6) is 0.988. The van der Waals surface area contributed by atoms with Crippen LogP contribution in [-0.2, 0) is 6.54 Å². The van der Waals surface area contributed by atoms with Crippen LogP contribution >= 0.6 is 12.2 Å². The van der Waals surface area contributed by atoms with Crippen molar-refractivity contribution in [2.75, 3.05) is 0 Å². The molecule has 4 heteroatoms. The van der Waals surface area contributed by atoms with Gasteiger partial charge in [0.05, 0.1) is 23.8 Å². The molecular formula is C12H18N2OS. The van der Waals surface area contributed by atoms with Crippen LogP contribution in [0.4, 0.5) is 0 Å². The predicted octanol–water partition coefficient (Wildman–Crippen LogP) is 2.31. The molecule has 2 rings (SSSR count). The summed E-state index contributed by atoms with van der Waals surface area (Å²) in [6.07, 6.45) is 5.17.